The number of amides is 1. The van der Waals surface area contributed by atoms with Crippen molar-refractivity contribution >= 4 is 32.6 Å². The zero-order chi connectivity index (χ0) is 20.2. The Bertz CT molecular complexity index is 1010. The number of hydrogen-bond acceptors (Lipinski definition) is 6. The average Bonchev–Trinajstić information content (AvgIpc) is 3.15. The smallest absolute Gasteiger partial charge is 0.267 e. The lowest BCUT2D eigenvalue weighted by Gasteiger charge is -2.21. The molecule has 0 aliphatic heterocycles. The molecular weight excluding hydrogens is 384 g/mol. The topological polar surface area (TPSA) is 90.1 Å². The first-order valence-electron chi connectivity index (χ1n) is 10.1. The number of carbonyl (C=O) groups is 1. The maximum atomic E-state index is 11.3. The maximum absolute atomic E-state index is 11.3. The van der Waals surface area contributed by atoms with Gasteiger partial charge in [0.1, 0.15) is 18.1 Å². The van der Waals surface area contributed by atoms with E-state index in [1.54, 1.807) is 23.6 Å². The molecule has 2 aromatic heterocycles. The van der Waals surface area contributed by atoms with Gasteiger partial charge < -0.3 is 15.8 Å². The van der Waals surface area contributed by atoms with Crippen molar-refractivity contribution in [1.82, 2.24) is 9.97 Å². The molecule has 6 nitrogen and oxygen atoms in total. The third kappa shape index (κ3) is 4.85. The number of hydrogen-bond donors (Lipinski definition) is 2. The highest BCUT2D eigenvalue weighted by Gasteiger charge is 2.15. The van der Waals surface area contributed by atoms with E-state index in [0.717, 1.165) is 44.7 Å². The van der Waals surface area contributed by atoms with Gasteiger partial charge in [-0.2, -0.15) is 0 Å². The normalized spacial score (nSPS) is 14.8. The maximum Gasteiger partial charge on any atom is 0.267 e. The minimum Gasteiger partial charge on any atom is -0.489 e. The highest BCUT2D eigenvalue weighted by molar-refractivity contribution is 7.22. The molecule has 7 heteroatoms. The third-order valence-electron chi connectivity index (χ3n) is 5.41. The zero-order valence-electron chi connectivity index (χ0n) is 16.6. The Hall–Kier alpha value is -2.67. The molecule has 1 amide bonds. The number of aryl methyl sites for hydroxylation is 1. The van der Waals surface area contributed by atoms with E-state index in [-0.39, 0.29) is 5.69 Å². The number of pyridine rings is 1. The summed E-state index contributed by atoms with van der Waals surface area (Å²) in [4.78, 5) is 20.0. The first-order chi connectivity index (χ1) is 14.1. The lowest BCUT2D eigenvalue weighted by Crippen LogP contribution is -2.16. The van der Waals surface area contributed by atoms with Crippen LogP contribution >= 0.6 is 11.3 Å². The Kier molecular flexibility index (Phi) is 5.94. The minimum atomic E-state index is -0.540. The number of aromatic nitrogens is 2. The number of fused-ring (bicyclic) bond motifs is 1. The molecule has 0 radical (unpaired) electrons. The van der Waals surface area contributed by atoms with Crippen LogP contribution in [0, 0.1) is 12.8 Å². The van der Waals surface area contributed by atoms with Crippen LogP contribution in [0.5, 0.6) is 5.75 Å². The molecule has 0 atom stereocenters. The molecule has 4 rings (SSSR count). The first-order valence-corrected chi connectivity index (χ1v) is 10.9. The van der Waals surface area contributed by atoms with Gasteiger partial charge >= 0.3 is 0 Å². The summed E-state index contributed by atoms with van der Waals surface area (Å²) >= 11 is 1.67. The molecule has 29 heavy (non-hydrogen) atoms. The van der Waals surface area contributed by atoms with Gasteiger partial charge in [-0.3, -0.25) is 9.78 Å². The second-order valence-electron chi connectivity index (χ2n) is 7.69. The molecule has 0 unspecified atom stereocenters. The van der Waals surface area contributed by atoms with Gasteiger partial charge in [0.25, 0.3) is 5.91 Å². The predicted molar refractivity (Wildman–Crippen MR) is 117 cm³/mol. The summed E-state index contributed by atoms with van der Waals surface area (Å²) < 4.78 is 7.07. The molecule has 1 aliphatic carbocycles. The highest BCUT2D eigenvalue weighted by atomic mass is 32.1. The molecule has 152 valence electrons. The van der Waals surface area contributed by atoms with Crippen LogP contribution < -0.4 is 15.8 Å². The molecule has 0 saturated heterocycles. The van der Waals surface area contributed by atoms with Crippen LogP contribution in [0.1, 0.15) is 53.7 Å². The lowest BCUT2D eigenvalue weighted by molar-refractivity contribution is 0.0995. The van der Waals surface area contributed by atoms with Crippen LogP contribution in [-0.4, -0.2) is 22.4 Å². The molecule has 1 aromatic carbocycles. The van der Waals surface area contributed by atoms with Gasteiger partial charge in [0.2, 0.25) is 0 Å². The number of nitrogens with one attached hydrogen (secondary N) is 1. The minimum absolute atomic E-state index is 0.244. The van der Waals surface area contributed by atoms with E-state index >= 15 is 0 Å². The van der Waals surface area contributed by atoms with Crippen molar-refractivity contribution < 1.29 is 9.53 Å². The average molecular weight is 411 g/mol. The number of benzene rings is 1. The second kappa shape index (κ2) is 8.78. The summed E-state index contributed by atoms with van der Waals surface area (Å²) in [5.41, 5.74) is 8.50. The number of carbonyl (C=O) groups excluding carboxylic acids is 1. The molecule has 3 aromatic rings. The van der Waals surface area contributed by atoms with Crippen LogP contribution in [0.15, 0.2) is 30.5 Å². The van der Waals surface area contributed by atoms with Crippen molar-refractivity contribution in [1.29, 1.82) is 0 Å². The Morgan fingerprint density at radius 3 is 2.90 bits per heavy atom. The number of nitrogens with zero attached hydrogens (tertiary/aromatic N) is 2. The van der Waals surface area contributed by atoms with E-state index in [9.17, 15) is 4.79 Å². The van der Waals surface area contributed by atoms with E-state index in [2.05, 4.69) is 17.2 Å². The Morgan fingerprint density at radius 1 is 1.28 bits per heavy atom. The van der Waals surface area contributed by atoms with Crippen molar-refractivity contribution in [2.45, 2.75) is 45.6 Å². The standard InChI is InChI=1S/C22H26N4O2S/c1-14-9-17(28-13-16-7-8-24-18(10-16)21(23)27)11-19-20(14)26-22(29-19)25-12-15-5-3-2-4-6-15/h7-11,15H,2-6,12-13H2,1H3,(H2,23,27)(H,25,26). The summed E-state index contributed by atoms with van der Waals surface area (Å²) in [5.74, 6) is 1.01. The highest BCUT2D eigenvalue weighted by Crippen LogP contribution is 2.33. The van der Waals surface area contributed by atoms with Crippen molar-refractivity contribution in [3.63, 3.8) is 0 Å². The first kappa shape index (κ1) is 19.6. The van der Waals surface area contributed by atoms with E-state index in [1.165, 1.54) is 32.1 Å². The number of nitrogens with two attached hydrogens (primary N) is 1. The van der Waals surface area contributed by atoms with Gasteiger partial charge in [0.05, 0.1) is 10.2 Å². The van der Waals surface area contributed by atoms with Gasteiger partial charge in [-0.05, 0) is 61.1 Å². The van der Waals surface area contributed by atoms with Gasteiger partial charge in [-0.1, -0.05) is 30.6 Å². The van der Waals surface area contributed by atoms with Gasteiger partial charge in [-0.15, -0.1) is 0 Å². The van der Waals surface area contributed by atoms with E-state index in [1.807, 2.05) is 18.2 Å². The SMILES string of the molecule is Cc1cc(OCc2ccnc(C(N)=O)c2)cc2sc(NCC3CCCCC3)nc12. The van der Waals surface area contributed by atoms with Crippen molar-refractivity contribution in [2.24, 2.45) is 11.7 Å². The Balaban J connectivity index is 1.43. The number of thiazole rings is 1. The van der Waals surface area contributed by atoms with Crippen LogP contribution in [0.4, 0.5) is 5.13 Å². The van der Waals surface area contributed by atoms with Gasteiger partial charge in [0.15, 0.2) is 5.13 Å². The van der Waals surface area contributed by atoms with Crippen LogP contribution in [-0.2, 0) is 6.61 Å². The summed E-state index contributed by atoms with van der Waals surface area (Å²) in [7, 11) is 0. The fourth-order valence-electron chi connectivity index (χ4n) is 3.81. The van der Waals surface area contributed by atoms with Crippen molar-refractivity contribution in [3.8, 4) is 5.75 Å². The van der Waals surface area contributed by atoms with E-state index in [0.29, 0.717) is 6.61 Å². The molecule has 1 saturated carbocycles. The number of rotatable bonds is 7. The number of ether oxygens (including phenoxy) is 1. The fraction of sp³-hybridized carbons (Fsp3) is 0.409. The molecule has 2 heterocycles. The Labute approximate surface area is 174 Å². The van der Waals surface area contributed by atoms with Crippen molar-refractivity contribution in [2.75, 3.05) is 11.9 Å². The molecular formula is C22H26N4O2S. The summed E-state index contributed by atoms with van der Waals surface area (Å²) in [5, 5.41) is 4.52. The lowest BCUT2D eigenvalue weighted by atomic mass is 9.89. The number of primary amides is 1. The van der Waals surface area contributed by atoms with Gasteiger partial charge in [-0.25, -0.2) is 4.98 Å². The molecule has 1 fully saturated rings. The largest absolute Gasteiger partial charge is 0.489 e. The number of anilines is 1. The van der Waals surface area contributed by atoms with Crippen molar-refractivity contribution in [3.05, 3.63) is 47.3 Å². The van der Waals surface area contributed by atoms with E-state index < -0.39 is 5.91 Å². The van der Waals surface area contributed by atoms with E-state index in [4.69, 9.17) is 15.5 Å². The fourth-order valence-corrected chi connectivity index (χ4v) is 4.79. The Morgan fingerprint density at radius 2 is 2.10 bits per heavy atom. The summed E-state index contributed by atoms with van der Waals surface area (Å²) in [6, 6.07) is 7.51. The third-order valence-corrected chi connectivity index (χ3v) is 6.37. The van der Waals surface area contributed by atoms with Crippen LogP contribution in [0.2, 0.25) is 0 Å². The van der Waals surface area contributed by atoms with Crippen LogP contribution in [0.25, 0.3) is 10.2 Å². The molecule has 0 spiro atoms. The molecule has 1 aliphatic rings. The summed E-state index contributed by atoms with van der Waals surface area (Å²) in [6.45, 7) is 3.41. The quantitative estimate of drug-likeness (QED) is 0.591. The van der Waals surface area contributed by atoms with Gasteiger partial charge in [0, 0.05) is 12.7 Å². The molecule has 0 bridgehead atoms. The second-order valence-corrected chi connectivity index (χ2v) is 8.72. The monoisotopic (exact) mass is 410 g/mol. The predicted octanol–water partition coefficient (Wildman–Crippen LogP) is 4.67. The molecule has 3 N–H and O–H groups in total. The summed E-state index contributed by atoms with van der Waals surface area (Å²) in [6.07, 6.45) is 8.29. The zero-order valence-corrected chi connectivity index (χ0v) is 17.4. The van der Waals surface area contributed by atoms with Crippen LogP contribution in [0.3, 0.4) is 0 Å².